The van der Waals surface area contributed by atoms with Crippen LogP contribution in [0.2, 0.25) is 5.02 Å². The second-order valence-electron chi connectivity index (χ2n) is 6.49. The van der Waals surface area contributed by atoms with E-state index in [1.54, 1.807) is 61.5 Å². The Kier molecular flexibility index (Phi) is 6.25. The standard InChI is InChI=1S/C22H20ClNO4S/c1-16-12-13-17(2)20(14-16)24(29(26,27)18-8-4-3-5-9-18)22(25)15-28-21-11-7-6-10-19(21)23/h3-14H,15H2,1-2H3. The topological polar surface area (TPSA) is 63.7 Å². The Balaban J connectivity index is 2.02. The Labute approximate surface area is 175 Å². The highest BCUT2D eigenvalue weighted by molar-refractivity contribution is 7.93. The van der Waals surface area contributed by atoms with Crippen LogP contribution in [0.25, 0.3) is 0 Å². The number of amides is 1. The van der Waals surface area contributed by atoms with Gasteiger partial charge in [-0.15, -0.1) is 0 Å². The number of hydrogen-bond donors (Lipinski definition) is 0. The third kappa shape index (κ3) is 4.60. The van der Waals surface area contributed by atoms with Gasteiger partial charge >= 0.3 is 0 Å². The molecule has 7 heteroatoms. The first-order valence-corrected chi connectivity index (χ1v) is 10.7. The van der Waals surface area contributed by atoms with Gasteiger partial charge in [0.15, 0.2) is 6.61 Å². The molecule has 0 atom stereocenters. The summed E-state index contributed by atoms with van der Waals surface area (Å²) in [4.78, 5) is 13.1. The molecule has 0 heterocycles. The minimum atomic E-state index is -4.14. The molecule has 3 rings (SSSR count). The zero-order valence-electron chi connectivity index (χ0n) is 16.0. The van der Waals surface area contributed by atoms with Crippen molar-refractivity contribution in [3.63, 3.8) is 0 Å². The zero-order chi connectivity index (χ0) is 21.0. The van der Waals surface area contributed by atoms with Crippen molar-refractivity contribution in [2.75, 3.05) is 10.9 Å². The number of sulfonamides is 1. The van der Waals surface area contributed by atoms with E-state index in [0.29, 0.717) is 22.0 Å². The quantitative estimate of drug-likeness (QED) is 0.566. The second-order valence-corrected chi connectivity index (χ2v) is 8.68. The molecule has 29 heavy (non-hydrogen) atoms. The summed E-state index contributed by atoms with van der Waals surface area (Å²) in [5, 5.41) is 0.338. The Bertz CT molecular complexity index is 1130. The number of anilines is 1. The maximum Gasteiger partial charge on any atom is 0.278 e. The van der Waals surface area contributed by atoms with E-state index in [-0.39, 0.29) is 4.90 Å². The lowest BCUT2D eigenvalue weighted by atomic mass is 10.1. The number of aryl methyl sites for hydroxylation is 2. The van der Waals surface area contributed by atoms with Crippen molar-refractivity contribution in [3.05, 3.63) is 88.9 Å². The zero-order valence-corrected chi connectivity index (χ0v) is 17.6. The summed E-state index contributed by atoms with van der Waals surface area (Å²) in [6, 6.07) is 19.8. The van der Waals surface area contributed by atoms with Crippen molar-refractivity contribution in [2.24, 2.45) is 0 Å². The highest BCUT2D eigenvalue weighted by Gasteiger charge is 2.32. The minimum absolute atomic E-state index is 0.0204. The van der Waals surface area contributed by atoms with Crippen molar-refractivity contribution in [2.45, 2.75) is 18.7 Å². The summed E-state index contributed by atoms with van der Waals surface area (Å²) in [6.07, 6.45) is 0. The number of benzene rings is 3. The molecule has 0 aliphatic rings. The number of halogens is 1. The average Bonchev–Trinajstić information content (AvgIpc) is 2.70. The van der Waals surface area contributed by atoms with Gasteiger partial charge < -0.3 is 4.74 Å². The monoisotopic (exact) mass is 429 g/mol. The molecule has 0 saturated carbocycles. The van der Waals surface area contributed by atoms with Crippen molar-refractivity contribution in [1.82, 2.24) is 0 Å². The fraction of sp³-hybridized carbons (Fsp3) is 0.136. The van der Waals surface area contributed by atoms with E-state index in [4.69, 9.17) is 16.3 Å². The minimum Gasteiger partial charge on any atom is -0.482 e. The Morgan fingerprint density at radius 2 is 1.62 bits per heavy atom. The normalized spacial score (nSPS) is 11.1. The average molecular weight is 430 g/mol. The first-order chi connectivity index (χ1) is 13.8. The van der Waals surface area contributed by atoms with E-state index in [1.165, 1.54) is 12.1 Å². The van der Waals surface area contributed by atoms with Crippen LogP contribution in [0.5, 0.6) is 5.75 Å². The maximum atomic E-state index is 13.3. The molecule has 0 fully saturated rings. The molecular formula is C22H20ClNO4S. The summed E-state index contributed by atoms with van der Waals surface area (Å²) in [5.41, 5.74) is 1.78. The molecule has 0 unspecified atom stereocenters. The highest BCUT2D eigenvalue weighted by Crippen LogP contribution is 2.29. The molecular weight excluding hydrogens is 410 g/mol. The van der Waals surface area contributed by atoms with Crippen LogP contribution in [-0.4, -0.2) is 20.9 Å². The van der Waals surface area contributed by atoms with Crippen LogP contribution < -0.4 is 9.04 Å². The van der Waals surface area contributed by atoms with E-state index in [1.807, 2.05) is 13.0 Å². The molecule has 3 aromatic carbocycles. The van der Waals surface area contributed by atoms with Crippen LogP contribution in [0.1, 0.15) is 11.1 Å². The highest BCUT2D eigenvalue weighted by atomic mass is 35.5. The molecule has 5 nitrogen and oxygen atoms in total. The predicted molar refractivity (Wildman–Crippen MR) is 114 cm³/mol. The van der Waals surface area contributed by atoms with Crippen LogP contribution >= 0.6 is 11.6 Å². The van der Waals surface area contributed by atoms with Gasteiger partial charge in [0.25, 0.3) is 15.9 Å². The van der Waals surface area contributed by atoms with E-state index in [9.17, 15) is 13.2 Å². The number of hydrogen-bond acceptors (Lipinski definition) is 4. The van der Waals surface area contributed by atoms with Gasteiger partial charge in [-0.25, -0.2) is 8.42 Å². The van der Waals surface area contributed by atoms with Crippen molar-refractivity contribution < 1.29 is 17.9 Å². The third-order valence-corrected chi connectivity index (χ3v) is 6.34. The molecule has 0 aromatic heterocycles. The van der Waals surface area contributed by atoms with Crippen molar-refractivity contribution >= 4 is 33.2 Å². The Morgan fingerprint density at radius 1 is 0.966 bits per heavy atom. The molecule has 0 spiro atoms. The molecule has 3 aromatic rings. The van der Waals surface area contributed by atoms with Gasteiger partial charge in [0.1, 0.15) is 5.75 Å². The van der Waals surface area contributed by atoms with E-state index >= 15 is 0 Å². The van der Waals surface area contributed by atoms with Crippen LogP contribution in [0.4, 0.5) is 5.69 Å². The van der Waals surface area contributed by atoms with E-state index in [2.05, 4.69) is 0 Å². The van der Waals surface area contributed by atoms with Crippen molar-refractivity contribution in [3.8, 4) is 5.75 Å². The van der Waals surface area contributed by atoms with Gasteiger partial charge in [0.2, 0.25) is 0 Å². The summed E-state index contributed by atoms with van der Waals surface area (Å²) in [7, 11) is -4.14. The fourth-order valence-corrected chi connectivity index (χ4v) is 4.47. The molecule has 0 saturated heterocycles. The number of nitrogens with zero attached hydrogens (tertiary/aromatic N) is 1. The Morgan fingerprint density at radius 3 is 2.31 bits per heavy atom. The molecule has 0 N–H and O–H groups in total. The lowest BCUT2D eigenvalue weighted by Crippen LogP contribution is -2.40. The number of para-hydroxylation sites is 1. The molecule has 150 valence electrons. The van der Waals surface area contributed by atoms with Gasteiger partial charge in [0.05, 0.1) is 15.6 Å². The van der Waals surface area contributed by atoms with Crippen LogP contribution in [-0.2, 0) is 14.8 Å². The van der Waals surface area contributed by atoms with Crippen LogP contribution in [0.15, 0.2) is 77.7 Å². The SMILES string of the molecule is Cc1ccc(C)c(N(C(=O)COc2ccccc2Cl)S(=O)(=O)c2ccccc2)c1. The lowest BCUT2D eigenvalue weighted by Gasteiger charge is -2.24. The third-order valence-electron chi connectivity index (χ3n) is 4.28. The lowest BCUT2D eigenvalue weighted by molar-refractivity contribution is -0.119. The number of ether oxygens (including phenoxy) is 1. The molecule has 0 radical (unpaired) electrons. The molecule has 1 amide bonds. The van der Waals surface area contributed by atoms with Gasteiger partial charge in [0, 0.05) is 0 Å². The van der Waals surface area contributed by atoms with Crippen LogP contribution in [0.3, 0.4) is 0 Å². The van der Waals surface area contributed by atoms with Gasteiger partial charge in [-0.3, -0.25) is 4.79 Å². The fourth-order valence-electron chi connectivity index (χ4n) is 2.79. The second kappa shape index (κ2) is 8.68. The smallest absolute Gasteiger partial charge is 0.278 e. The first-order valence-electron chi connectivity index (χ1n) is 8.88. The van der Waals surface area contributed by atoms with E-state index in [0.717, 1.165) is 9.87 Å². The first kappa shape index (κ1) is 20.9. The number of carbonyl (C=O) groups is 1. The van der Waals surface area contributed by atoms with Crippen LogP contribution in [0, 0.1) is 13.8 Å². The molecule has 0 bridgehead atoms. The Hall–Kier alpha value is -2.83. The summed E-state index contributed by atoms with van der Waals surface area (Å²) in [6.45, 7) is 3.11. The van der Waals surface area contributed by atoms with Gasteiger partial charge in [-0.2, -0.15) is 4.31 Å². The largest absolute Gasteiger partial charge is 0.482 e. The summed E-state index contributed by atoms with van der Waals surface area (Å²) in [5.74, 6) is -0.414. The summed E-state index contributed by atoms with van der Waals surface area (Å²) >= 11 is 6.07. The predicted octanol–water partition coefficient (Wildman–Crippen LogP) is 4.76. The number of rotatable bonds is 6. The van der Waals surface area contributed by atoms with Crippen molar-refractivity contribution in [1.29, 1.82) is 0 Å². The molecule has 0 aliphatic carbocycles. The van der Waals surface area contributed by atoms with Gasteiger partial charge in [-0.1, -0.05) is 54.1 Å². The van der Waals surface area contributed by atoms with Gasteiger partial charge in [-0.05, 0) is 55.3 Å². The number of carbonyl (C=O) groups excluding carboxylic acids is 1. The summed E-state index contributed by atoms with van der Waals surface area (Å²) < 4.78 is 33.0. The van der Waals surface area contributed by atoms with E-state index < -0.39 is 22.5 Å². The molecule has 0 aliphatic heterocycles. The maximum absolute atomic E-state index is 13.3.